The molecule has 160 valence electrons. The molecule has 7 unspecified atom stereocenters. The summed E-state index contributed by atoms with van der Waals surface area (Å²) in [6.45, 7) is 3.39. The number of rotatable bonds is 4. The topological polar surface area (TPSA) is 124 Å². The van der Waals surface area contributed by atoms with Crippen molar-refractivity contribution < 1.29 is 34.1 Å². The normalized spacial score (nSPS) is 46.2. The largest absolute Gasteiger partial charge is 0.393 e. The summed E-state index contributed by atoms with van der Waals surface area (Å²) < 4.78 is 4.69. The predicted molar refractivity (Wildman–Crippen MR) is 105 cm³/mol. The Balaban J connectivity index is 1.66. The summed E-state index contributed by atoms with van der Waals surface area (Å²) >= 11 is 0. The van der Waals surface area contributed by atoms with Gasteiger partial charge in [-0.15, -0.1) is 0 Å². The maximum atomic E-state index is 12.8. The van der Waals surface area contributed by atoms with Crippen LogP contribution in [0.2, 0.25) is 0 Å². The van der Waals surface area contributed by atoms with Gasteiger partial charge in [0.2, 0.25) is 0 Å². The molecule has 4 aliphatic carbocycles. The first-order valence-electron chi connectivity index (χ1n) is 10.2. The van der Waals surface area contributed by atoms with Crippen molar-refractivity contribution >= 4 is 20.2 Å². The summed E-state index contributed by atoms with van der Waals surface area (Å²) in [7, 11) is -2.67. The molecule has 3 saturated carbocycles. The Morgan fingerprint density at radius 1 is 1.31 bits per heavy atom. The van der Waals surface area contributed by atoms with E-state index in [-0.39, 0.29) is 36.4 Å². The van der Waals surface area contributed by atoms with Crippen molar-refractivity contribution in [1.82, 2.24) is 0 Å². The van der Waals surface area contributed by atoms with Gasteiger partial charge in [0.1, 0.15) is 12.2 Å². The third-order valence-electron chi connectivity index (χ3n) is 8.42. The van der Waals surface area contributed by atoms with Gasteiger partial charge in [0.15, 0.2) is 11.6 Å². The average molecular weight is 424 g/mol. The Kier molecular flexibility index (Phi) is 5.17. The number of aliphatic hydroxyl groups is 2. The van der Waals surface area contributed by atoms with Crippen molar-refractivity contribution in [1.29, 1.82) is 0 Å². The molecule has 0 radical (unpaired) electrons. The van der Waals surface area contributed by atoms with Crippen molar-refractivity contribution in [2.75, 3.05) is 6.61 Å². The molecular weight excluding hydrogens is 395 g/mol. The van der Waals surface area contributed by atoms with E-state index in [2.05, 4.69) is 6.92 Å². The number of fused-ring (bicyclic) bond motifs is 5. The van der Waals surface area contributed by atoms with Crippen LogP contribution in [0.4, 0.5) is 0 Å². The number of hydrogen-bond donors (Lipinski definition) is 4. The lowest BCUT2D eigenvalue weighted by Gasteiger charge is -2.59. The van der Waals surface area contributed by atoms with Crippen molar-refractivity contribution in [2.45, 2.75) is 57.7 Å². The molecule has 0 spiro atoms. The van der Waals surface area contributed by atoms with Gasteiger partial charge >= 0.3 is 8.60 Å². The minimum Gasteiger partial charge on any atom is -0.393 e. The molecule has 7 atom stereocenters. The lowest BCUT2D eigenvalue weighted by molar-refractivity contribution is -0.178. The number of carbonyl (C=O) groups is 2. The zero-order valence-corrected chi connectivity index (χ0v) is 17.6. The first-order valence-corrected chi connectivity index (χ1v) is 11.4. The molecule has 4 N–H and O–H groups in total. The van der Waals surface area contributed by atoms with Crippen LogP contribution in [-0.4, -0.2) is 49.9 Å². The van der Waals surface area contributed by atoms with Crippen LogP contribution < -0.4 is 0 Å². The van der Waals surface area contributed by atoms with Crippen LogP contribution in [0.3, 0.4) is 0 Å². The van der Waals surface area contributed by atoms with Gasteiger partial charge in [-0.1, -0.05) is 25.5 Å². The Hall–Kier alpha value is -0.950. The van der Waals surface area contributed by atoms with Crippen LogP contribution in [0.15, 0.2) is 23.8 Å². The second kappa shape index (κ2) is 7.04. The van der Waals surface area contributed by atoms with E-state index in [1.165, 1.54) is 0 Å². The molecule has 0 aliphatic heterocycles. The zero-order valence-electron chi connectivity index (χ0n) is 16.7. The monoisotopic (exact) mass is 424 g/mol. The number of aliphatic hydroxyl groups excluding tert-OH is 1. The molecule has 0 aromatic carbocycles. The SMILES string of the molecule is CC12C=CC(=O)C=C1CCC1C2C(O)CC2(C)C1CCC2(O)C(=O)COP(O)O. The van der Waals surface area contributed by atoms with Gasteiger partial charge in [-0.25, -0.2) is 0 Å². The van der Waals surface area contributed by atoms with E-state index in [1.54, 1.807) is 12.2 Å². The Morgan fingerprint density at radius 3 is 2.72 bits per heavy atom. The van der Waals surface area contributed by atoms with Crippen LogP contribution in [0.25, 0.3) is 0 Å². The van der Waals surface area contributed by atoms with E-state index in [1.807, 2.05) is 13.0 Å². The second-order valence-electron chi connectivity index (χ2n) is 9.56. The highest BCUT2D eigenvalue weighted by atomic mass is 31.2. The van der Waals surface area contributed by atoms with Crippen LogP contribution in [0.5, 0.6) is 0 Å². The number of allylic oxidation sites excluding steroid dienone is 4. The number of Topliss-reactive ketones (excluding diaryl/α,β-unsaturated/α-hetero) is 1. The van der Waals surface area contributed by atoms with Crippen molar-refractivity contribution in [3.8, 4) is 0 Å². The van der Waals surface area contributed by atoms with Crippen molar-refractivity contribution in [3.05, 3.63) is 23.8 Å². The maximum Gasteiger partial charge on any atom is 0.327 e. The van der Waals surface area contributed by atoms with Crippen LogP contribution in [0, 0.1) is 28.6 Å². The van der Waals surface area contributed by atoms with Crippen LogP contribution in [0.1, 0.15) is 46.0 Å². The third kappa shape index (κ3) is 3.01. The second-order valence-corrected chi connectivity index (χ2v) is 10.3. The van der Waals surface area contributed by atoms with E-state index in [0.717, 1.165) is 18.4 Å². The first kappa shape index (κ1) is 21.3. The van der Waals surface area contributed by atoms with Gasteiger partial charge in [-0.2, -0.15) is 0 Å². The number of ketones is 2. The van der Waals surface area contributed by atoms with Crippen molar-refractivity contribution in [2.24, 2.45) is 28.6 Å². The summed E-state index contributed by atoms with van der Waals surface area (Å²) in [6.07, 6.45) is 7.28. The maximum absolute atomic E-state index is 12.8. The summed E-state index contributed by atoms with van der Waals surface area (Å²) in [5, 5.41) is 22.6. The van der Waals surface area contributed by atoms with Gasteiger partial charge in [0.25, 0.3) is 0 Å². The lowest BCUT2D eigenvalue weighted by atomic mass is 9.46. The molecule has 0 saturated heterocycles. The molecular formula is C21H29O7P. The third-order valence-corrected chi connectivity index (χ3v) is 8.78. The molecule has 29 heavy (non-hydrogen) atoms. The molecule has 4 rings (SSSR count). The smallest absolute Gasteiger partial charge is 0.327 e. The van der Waals surface area contributed by atoms with E-state index in [9.17, 15) is 19.8 Å². The van der Waals surface area contributed by atoms with Gasteiger partial charge in [-0.05, 0) is 56.1 Å². The standard InChI is InChI=1S/C21H29O7P/c1-19-7-5-13(22)9-12(19)3-4-14-15-6-8-21(25,17(24)11-28-29(26)27)20(15,2)10-16(23)18(14)19/h5,7,9,14-16,18,23,25-27H,3-4,6,8,10-11H2,1-2H3. The van der Waals surface area contributed by atoms with E-state index in [4.69, 9.17) is 14.3 Å². The summed E-state index contributed by atoms with van der Waals surface area (Å²) in [4.78, 5) is 42.6. The fourth-order valence-electron chi connectivity index (χ4n) is 7.02. The lowest BCUT2D eigenvalue weighted by Crippen LogP contribution is -2.61. The molecule has 0 aromatic rings. The Morgan fingerprint density at radius 2 is 2.03 bits per heavy atom. The molecule has 3 fully saturated rings. The minimum atomic E-state index is -2.67. The highest BCUT2D eigenvalue weighted by Gasteiger charge is 2.68. The zero-order chi connectivity index (χ0) is 21.2. The molecule has 7 nitrogen and oxygen atoms in total. The fourth-order valence-corrected chi connectivity index (χ4v) is 7.26. The number of hydrogen-bond acceptors (Lipinski definition) is 7. The van der Waals surface area contributed by atoms with Gasteiger partial charge in [0, 0.05) is 16.7 Å². The van der Waals surface area contributed by atoms with Crippen LogP contribution >= 0.6 is 8.60 Å². The van der Waals surface area contributed by atoms with E-state index in [0.29, 0.717) is 6.42 Å². The molecule has 4 aliphatic rings. The molecule has 0 amide bonds. The Labute approximate surface area is 171 Å². The van der Waals surface area contributed by atoms with E-state index < -0.39 is 43.5 Å². The summed E-state index contributed by atoms with van der Waals surface area (Å²) in [5.74, 6) is -0.464. The summed E-state index contributed by atoms with van der Waals surface area (Å²) in [5.41, 5.74) is -1.81. The minimum absolute atomic E-state index is 0.0142. The quantitative estimate of drug-likeness (QED) is 0.507. The van der Waals surface area contributed by atoms with Gasteiger partial charge in [-0.3, -0.25) is 9.59 Å². The van der Waals surface area contributed by atoms with Crippen molar-refractivity contribution in [3.63, 3.8) is 0 Å². The predicted octanol–water partition coefficient (Wildman–Crippen LogP) is 1.79. The molecule has 8 heteroatoms. The first-order chi connectivity index (χ1) is 13.5. The van der Waals surface area contributed by atoms with Gasteiger partial charge in [0.05, 0.1) is 6.10 Å². The fraction of sp³-hybridized carbons (Fsp3) is 0.714. The van der Waals surface area contributed by atoms with Gasteiger partial charge < -0.3 is 24.5 Å². The average Bonchev–Trinajstić information content (AvgIpc) is 2.91. The summed E-state index contributed by atoms with van der Waals surface area (Å²) in [6, 6.07) is 0. The van der Waals surface area contributed by atoms with E-state index >= 15 is 0 Å². The molecule has 0 bridgehead atoms. The van der Waals surface area contributed by atoms with Crippen LogP contribution in [-0.2, 0) is 14.1 Å². The highest BCUT2D eigenvalue weighted by Crippen LogP contribution is 2.67. The Bertz CT molecular complexity index is 792. The molecule has 0 heterocycles. The molecule has 0 aromatic heterocycles. The number of carbonyl (C=O) groups excluding carboxylic acids is 2. The highest BCUT2D eigenvalue weighted by molar-refractivity contribution is 7.39.